The summed E-state index contributed by atoms with van der Waals surface area (Å²) in [6.45, 7) is 6.06. The van der Waals surface area contributed by atoms with Gasteiger partial charge < -0.3 is 14.6 Å². The smallest absolute Gasteiger partial charge is 0.0587 e. The molecular formula is C17H26N2O. The van der Waals surface area contributed by atoms with E-state index in [0.717, 1.165) is 32.7 Å². The molecule has 1 heterocycles. The van der Waals surface area contributed by atoms with Crippen molar-refractivity contribution in [1.82, 2.24) is 9.88 Å². The van der Waals surface area contributed by atoms with E-state index in [1.807, 2.05) is 0 Å². The number of benzene rings is 1. The summed E-state index contributed by atoms with van der Waals surface area (Å²) in [6.07, 6.45) is 5.88. The molecule has 0 aliphatic heterocycles. The topological polar surface area (TPSA) is 26.2 Å². The maximum atomic E-state index is 5.05. The summed E-state index contributed by atoms with van der Waals surface area (Å²) in [5.74, 6) is 0. The van der Waals surface area contributed by atoms with Crippen molar-refractivity contribution in [2.45, 2.75) is 32.7 Å². The Kier molecular flexibility index (Phi) is 6.09. The van der Waals surface area contributed by atoms with E-state index in [0.29, 0.717) is 0 Å². The first kappa shape index (κ1) is 15.1. The fourth-order valence-corrected chi connectivity index (χ4v) is 2.56. The lowest BCUT2D eigenvalue weighted by atomic mass is 10.1. The highest BCUT2D eigenvalue weighted by Crippen LogP contribution is 2.22. The Balaban J connectivity index is 2.04. The number of para-hydroxylation sites is 1. The average molecular weight is 274 g/mol. The molecule has 110 valence electrons. The molecule has 3 heteroatoms. The number of nitrogens with one attached hydrogen (secondary N) is 1. The van der Waals surface area contributed by atoms with Crippen molar-refractivity contribution in [2.24, 2.45) is 0 Å². The molecule has 0 saturated carbocycles. The highest BCUT2D eigenvalue weighted by atomic mass is 16.5. The maximum absolute atomic E-state index is 5.05. The van der Waals surface area contributed by atoms with Crippen LogP contribution in [-0.2, 0) is 17.7 Å². The highest BCUT2D eigenvalue weighted by Gasteiger charge is 2.07. The van der Waals surface area contributed by atoms with Gasteiger partial charge in [-0.2, -0.15) is 0 Å². The zero-order valence-electron chi connectivity index (χ0n) is 12.7. The summed E-state index contributed by atoms with van der Waals surface area (Å²) in [4.78, 5) is 0. The Morgan fingerprint density at radius 1 is 1.20 bits per heavy atom. The third-order valence-electron chi connectivity index (χ3n) is 3.68. The van der Waals surface area contributed by atoms with E-state index in [-0.39, 0.29) is 0 Å². The standard InChI is InChI=1S/C17H26N2O/c1-3-4-12-19-14-15(9-10-18-11-13-20-2)16-7-5-6-8-17(16)19/h5-8,14,18H,3-4,9-13H2,1-2H3. The normalized spacial score (nSPS) is 11.3. The van der Waals surface area contributed by atoms with Crippen LogP contribution in [0.15, 0.2) is 30.5 Å². The van der Waals surface area contributed by atoms with Gasteiger partial charge in [0.05, 0.1) is 6.61 Å². The van der Waals surface area contributed by atoms with Crippen LogP contribution in [0.25, 0.3) is 10.9 Å². The molecule has 1 aromatic carbocycles. The van der Waals surface area contributed by atoms with E-state index >= 15 is 0 Å². The predicted octanol–water partition coefficient (Wildman–Crippen LogP) is 3.22. The molecule has 0 bridgehead atoms. The first-order chi connectivity index (χ1) is 9.86. The first-order valence-electron chi connectivity index (χ1n) is 7.63. The zero-order chi connectivity index (χ0) is 14.2. The van der Waals surface area contributed by atoms with Gasteiger partial charge >= 0.3 is 0 Å². The highest BCUT2D eigenvalue weighted by molar-refractivity contribution is 5.84. The second-order valence-corrected chi connectivity index (χ2v) is 5.21. The van der Waals surface area contributed by atoms with Crippen LogP contribution in [0.5, 0.6) is 0 Å². The van der Waals surface area contributed by atoms with E-state index < -0.39 is 0 Å². The molecule has 0 aliphatic carbocycles. The number of rotatable bonds is 9. The molecule has 0 aliphatic rings. The molecule has 20 heavy (non-hydrogen) atoms. The summed E-state index contributed by atoms with van der Waals surface area (Å²) in [7, 11) is 1.74. The fraction of sp³-hybridized carbons (Fsp3) is 0.529. The number of aromatic nitrogens is 1. The number of hydrogen-bond acceptors (Lipinski definition) is 2. The molecular weight excluding hydrogens is 248 g/mol. The van der Waals surface area contributed by atoms with E-state index in [1.165, 1.54) is 29.3 Å². The molecule has 0 radical (unpaired) electrons. The van der Waals surface area contributed by atoms with Crippen LogP contribution in [0.3, 0.4) is 0 Å². The molecule has 0 spiro atoms. The minimum atomic E-state index is 0.776. The van der Waals surface area contributed by atoms with Gasteiger partial charge in [0.25, 0.3) is 0 Å². The summed E-state index contributed by atoms with van der Waals surface area (Å²) < 4.78 is 7.45. The van der Waals surface area contributed by atoms with Crippen LogP contribution in [0.2, 0.25) is 0 Å². The lowest BCUT2D eigenvalue weighted by Crippen LogP contribution is -2.21. The fourth-order valence-electron chi connectivity index (χ4n) is 2.56. The summed E-state index contributed by atoms with van der Waals surface area (Å²) in [5, 5.41) is 4.82. The second-order valence-electron chi connectivity index (χ2n) is 5.21. The number of nitrogens with zero attached hydrogens (tertiary/aromatic N) is 1. The second kappa shape index (κ2) is 8.08. The van der Waals surface area contributed by atoms with Crippen molar-refractivity contribution >= 4 is 10.9 Å². The van der Waals surface area contributed by atoms with Gasteiger partial charge in [0.2, 0.25) is 0 Å². The van der Waals surface area contributed by atoms with Crippen LogP contribution in [0.4, 0.5) is 0 Å². The lowest BCUT2D eigenvalue weighted by molar-refractivity contribution is 0.199. The molecule has 3 nitrogen and oxygen atoms in total. The van der Waals surface area contributed by atoms with Gasteiger partial charge in [-0.25, -0.2) is 0 Å². The SMILES string of the molecule is CCCCn1cc(CCNCCOC)c2ccccc21. The van der Waals surface area contributed by atoms with Crippen molar-refractivity contribution < 1.29 is 4.74 Å². The lowest BCUT2D eigenvalue weighted by Gasteiger charge is -2.03. The van der Waals surface area contributed by atoms with Crippen molar-refractivity contribution in [1.29, 1.82) is 0 Å². The largest absolute Gasteiger partial charge is 0.383 e. The monoisotopic (exact) mass is 274 g/mol. The zero-order valence-corrected chi connectivity index (χ0v) is 12.7. The van der Waals surface area contributed by atoms with Crippen LogP contribution in [0.1, 0.15) is 25.3 Å². The van der Waals surface area contributed by atoms with Crippen LogP contribution < -0.4 is 5.32 Å². The molecule has 2 rings (SSSR count). The predicted molar refractivity (Wildman–Crippen MR) is 85.3 cm³/mol. The maximum Gasteiger partial charge on any atom is 0.0587 e. The quantitative estimate of drug-likeness (QED) is 0.711. The van der Waals surface area contributed by atoms with E-state index in [9.17, 15) is 0 Å². The van der Waals surface area contributed by atoms with E-state index in [4.69, 9.17) is 4.74 Å². The van der Waals surface area contributed by atoms with Gasteiger partial charge in [0.1, 0.15) is 0 Å². The molecule has 0 amide bonds. The first-order valence-corrected chi connectivity index (χ1v) is 7.63. The number of fused-ring (bicyclic) bond motifs is 1. The third kappa shape index (κ3) is 3.84. The van der Waals surface area contributed by atoms with Crippen LogP contribution >= 0.6 is 0 Å². The number of unbranched alkanes of at least 4 members (excludes halogenated alkanes) is 1. The molecule has 1 N–H and O–H groups in total. The summed E-state index contributed by atoms with van der Waals surface area (Å²) >= 11 is 0. The van der Waals surface area contributed by atoms with Gasteiger partial charge in [0.15, 0.2) is 0 Å². The Hall–Kier alpha value is -1.32. The number of hydrogen-bond donors (Lipinski definition) is 1. The van der Waals surface area contributed by atoms with Gasteiger partial charge in [-0.05, 0) is 31.0 Å². The molecule has 2 aromatic rings. The Morgan fingerprint density at radius 2 is 2.05 bits per heavy atom. The van der Waals surface area contributed by atoms with Crippen LogP contribution in [0, 0.1) is 0 Å². The minimum absolute atomic E-state index is 0.776. The minimum Gasteiger partial charge on any atom is -0.383 e. The Labute approximate surface area is 121 Å². The Bertz CT molecular complexity index is 519. The number of ether oxygens (including phenoxy) is 1. The molecule has 1 aromatic heterocycles. The van der Waals surface area contributed by atoms with Crippen molar-refractivity contribution in [3.05, 3.63) is 36.0 Å². The molecule has 0 fully saturated rings. The average Bonchev–Trinajstić information content (AvgIpc) is 2.83. The number of methoxy groups -OCH3 is 1. The van der Waals surface area contributed by atoms with Crippen molar-refractivity contribution in [3.63, 3.8) is 0 Å². The van der Waals surface area contributed by atoms with Crippen LogP contribution in [-0.4, -0.2) is 31.4 Å². The molecule has 0 saturated heterocycles. The van der Waals surface area contributed by atoms with Crippen molar-refractivity contribution in [3.8, 4) is 0 Å². The number of aryl methyl sites for hydroxylation is 1. The van der Waals surface area contributed by atoms with E-state index in [2.05, 4.69) is 47.3 Å². The summed E-state index contributed by atoms with van der Waals surface area (Å²) in [6, 6.07) is 8.73. The van der Waals surface area contributed by atoms with Crippen molar-refractivity contribution in [2.75, 3.05) is 26.8 Å². The van der Waals surface area contributed by atoms with Gasteiger partial charge in [-0.1, -0.05) is 31.5 Å². The molecule has 0 unspecified atom stereocenters. The van der Waals surface area contributed by atoms with Gasteiger partial charge in [-0.3, -0.25) is 0 Å². The van der Waals surface area contributed by atoms with E-state index in [1.54, 1.807) is 7.11 Å². The van der Waals surface area contributed by atoms with Gasteiger partial charge in [-0.15, -0.1) is 0 Å². The molecule has 0 atom stereocenters. The summed E-state index contributed by atoms with van der Waals surface area (Å²) in [5.41, 5.74) is 2.81. The van der Waals surface area contributed by atoms with Gasteiger partial charge in [0, 0.05) is 37.3 Å². The Morgan fingerprint density at radius 3 is 2.85 bits per heavy atom. The third-order valence-corrected chi connectivity index (χ3v) is 3.68.